The second kappa shape index (κ2) is 5.61. The van der Waals surface area contributed by atoms with Crippen LogP contribution in [0, 0.1) is 0 Å². The normalized spacial score (nSPS) is 14.8. The first-order chi connectivity index (χ1) is 9.24. The minimum atomic E-state index is 0.465. The molecule has 1 heterocycles. The fourth-order valence-corrected chi connectivity index (χ4v) is 2.38. The third kappa shape index (κ3) is 3.16. The SMILES string of the molecule is Clc1c(Br)cccc1-c1nnc(CCNC2CC2)o1. The highest BCUT2D eigenvalue weighted by atomic mass is 79.9. The number of nitrogens with one attached hydrogen (secondary N) is 1. The Balaban J connectivity index is 1.70. The van der Waals surface area contributed by atoms with Crippen LogP contribution in [0.2, 0.25) is 5.02 Å². The Morgan fingerprint density at radius 1 is 1.37 bits per heavy atom. The van der Waals surface area contributed by atoms with E-state index in [4.69, 9.17) is 16.0 Å². The van der Waals surface area contributed by atoms with Crippen molar-refractivity contribution in [2.45, 2.75) is 25.3 Å². The summed E-state index contributed by atoms with van der Waals surface area (Å²) < 4.78 is 6.46. The van der Waals surface area contributed by atoms with E-state index in [-0.39, 0.29) is 0 Å². The van der Waals surface area contributed by atoms with E-state index in [1.165, 1.54) is 12.8 Å². The molecule has 3 rings (SSSR count). The highest BCUT2D eigenvalue weighted by Crippen LogP contribution is 2.32. The predicted molar refractivity (Wildman–Crippen MR) is 77.2 cm³/mol. The molecule has 1 N–H and O–H groups in total. The van der Waals surface area contributed by atoms with Crippen molar-refractivity contribution in [3.05, 3.63) is 33.6 Å². The van der Waals surface area contributed by atoms with E-state index in [2.05, 4.69) is 31.4 Å². The van der Waals surface area contributed by atoms with E-state index in [1.54, 1.807) is 0 Å². The van der Waals surface area contributed by atoms with Crippen LogP contribution in [0.15, 0.2) is 27.1 Å². The number of rotatable bonds is 5. The summed E-state index contributed by atoms with van der Waals surface area (Å²) in [4.78, 5) is 0. The molecule has 2 aromatic rings. The number of nitrogens with zero attached hydrogens (tertiary/aromatic N) is 2. The van der Waals surface area contributed by atoms with E-state index >= 15 is 0 Å². The van der Waals surface area contributed by atoms with E-state index in [1.807, 2.05) is 18.2 Å². The third-order valence-electron chi connectivity index (χ3n) is 3.00. The Morgan fingerprint density at radius 2 is 2.21 bits per heavy atom. The van der Waals surface area contributed by atoms with Gasteiger partial charge < -0.3 is 9.73 Å². The Morgan fingerprint density at radius 3 is 3.00 bits per heavy atom. The monoisotopic (exact) mass is 341 g/mol. The molecular weight excluding hydrogens is 330 g/mol. The summed E-state index contributed by atoms with van der Waals surface area (Å²) in [6, 6.07) is 6.33. The summed E-state index contributed by atoms with van der Waals surface area (Å²) in [6.45, 7) is 0.874. The van der Waals surface area contributed by atoms with Crippen molar-refractivity contribution in [3.63, 3.8) is 0 Å². The quantitative estimate of drug-likeness (QED) is 0.904. The zero-order chi connectivity index (χ0) is 13.2. The van der Waals surface area contributed by atoms with Gasteiger partial charge in [0.15, 0.2) is 0 Å². The average Bonchev–Trinajstić information content (AvgIpc) is 3.10. The summed E-state index contributed by atoms with van der Waals surface area (Å²) in [6.07, 6.45) is 3.31. The lowest BCUT2D eigenvalue weighted by atomic mass is 10.2. The first-order valence-corrected chi connectivity index (χ1v) is 7.41. The fourth-order valence-electron chi connectivity index (χ4n) is 1.80. The van der Waals surface area contributed by atoms with E-state index < -0.39 is 0 Å². The third-order valence-corrected chi connectivity index (χ3v) is 4.29. The number of hydrogen-bond acceptors (Lipinski definition) is 4. The van der Waals surface area contributed by atoms with E-state index in [0.29, 0.717) is 22.8 Å². The van der Waals surface area contributed by atoms with Crippen molar-refractivity contribution in [3.8, 4) is 11.5 Å². The zero-order valence-electron chi connectivity index (χ0n) is 10.2. The second-order valence-corrected chi connectivity index (χ2v) is 5.81. The van der Waals surface area contributed by atoms with Crippen LogP contribution in [0.3, 0.4) is 0 Å². The number of halogens is 2. The van der Waals surface area contributed by atoms with Crippen LogP contribution in [0.4, 0.5) is 0 Å². The number of benzene rings is 1. The van der Waals surface area contributed by atoms with Crippen molar-refractivity contribution in [1.29, 1.82) is 0 Å². The molecular formula is C13H13BrClN3O. The Labute approximate surface area is 124 Å². The summed E-state index contributed by atoms with van der Waals surface area (Å²) in [7, 11) is 0. The predicted octanol–water partition coefficient (Wildman–Crippen LogP) is 3.45. The standard InChI is InChI=1S/C13H13BrClN3O/c14-10-3-1-2-9(12(10)15)13-18-17-11(19-13)6-7-16-8-4-5-8/h1-3,8,16H,4-7H2. The summed E-state index contributed by atoms with van der Waals surface area (Å²) in [5, 5.41) is 12.1. The molecule has 0 aliphatic heterocycles. The molecule has 0 spiro atoms. The molecule has 0 saturated heterocycles. The van der Waals surface area contributed by atoms with Gasteiger partial charge in [-0.2, -0.15) is 0 Å². The molecule has 1 aliphatic rings. The van der Waals surface area contributed by atoms with Gasteiger partial charge in [0.1, 0.15) is 0 Å². The van der Waals surface area contributed by atoms with Gasteiger partial charge in [-0.15, -0.1) is 10.2 Å². The maximum Gasteiger partial charge on any atom is 0.249 e. The van der Waals surface area contributed by atoms with Crippen molar-refractivity contribution in [1.82, 2.24) is 15.5 Å². The van der Waals surface area contributed by atoms with Crippen LogP contribution in [0.25, 0.3) is 11.5 Å². The zero-order valence-corrected chi connectivity index (χ0v) is 12.5. The molecule has 0 atom stereocenters. The van der Waals surface area contributed by atoms with Crippen LogP contribution >= 0.6 is 27.5 Å². The van der Waals surface area contributed by atoms with Gasteiger partial charge in [0.2, 0.25) is 11.8 Å². The topological polar surface area (TPSA) is 51.0 Å². The number of aromatic nitrogens is 2. The molecule has 1 saturated carbocycles. The molecule has 0 radical (unpaired) electrons. The molecule has 0 bridgehead atoms. The molecule has 100 valence electrons. The molecule has 1 aromatic heterocycles. The first kappa shape index (κ1) is 13.1. The van der Waals surface area contributed by atoms with Crippen molar-refractivity contribution in [2.75, 3.05) is 6.54 Å². The maximum atomic E-state index is 6.20. The van der Waals surface area contributed by atoms with Gasteiger partial charge >= 0.3 is 0 Å². The minimum Gasteiger partial charge on any atom is -0.421 e. The lowest BCUT2D eigenvalue weighted by molar-refractivity contribution is 0.494. The molecule has 0 amide bonds. The minimum absolute atomic E-state index is 0.465. The lowest BCUT2D eigenvalue weighted by Crippen LogP contribution is -2.19. The first-order valence-electron chi connectivity index (χ1n) is 6.24. The Hall–Kier alpha value is -0.910. The molecule has 1 aromatic carbocycles. The second-order valence-electron chi connectivity index (χ2n) is 4.58. The summed E-state index contributed by atoms with van der Waals surface area (Å²) >= 11 is 9.59. The van der Waals surface area contributed by atoms with Crippen molar-refractivity contribution in [2.24, 2.45) is 0 Å². The lowest BCUT2D eigenvalue weighted by Gasteiger charge is -2.00. The molecule has 1 fully saturated rings. The molecule has 0 unspecified atom stereocenters. The van der Waals surface area contributed by atoms with Gasteiger partial charge in [-0.3, -0.25) is 0 Å². The molecule has 19 heavy (non-hydrogen) atoms. The van der Waals surface area contributed by atoms with Gasteiger partial charge in [-0.05, 0) is 40.9 Å². The van der Waals surface area contributed by atoms with Gasteiger partial charge in [0.05, 0.1) is 10.6 Å². The largest absolute Gasteiger partial charge is 0.421 e. The van der Waals surface area contributed by atoms with Gasteiger partial charge in [-0.25, -0.2) is 0 Å². The fraction of sp³-hybridized carbons (Fsp3) is 0.385. The van der Waals surface area contributed by atoms with Crippen LogP contribution in [0.5, 0.6) is 0 Å². The highest BCUT2D eigenvalue weighted by molar-refractivity contribution is 9.10. The Kier molecular flexibility index (Phi) is 3.86. The van der Waals surface area contributed by atoms with Gasteiger partial charge in [0, 0.05) is 23.5 Å². The van der Waals surface area contributed by atoms with E-state index in [9.17, 15) is 0 Å². The Bertz CT molecular complexity index is 583. The van der Waals surface area contributed by atoms with Crippen molar-refractivity contribution >= 4 is 27.5 Å². The van der Waals surface area contributed by atoms with Crippen molar-refractivity contribution < 1.29 is 4.42 Å². The average molecular weight is 343 g/mol. The van der Waals surface area contributed by atoms with Crippen LogP contribution in [-0.2, 0) is 6.42 Å². The smallest absolute Gasteiger partial charge is 0.249 e. The van der Waals surface area contributed by atoms with Crippen LogP contribution in [0.1, 0.15) is 18.7 Å². The summed E-state index contributed by atoms with van der Waals surface area (Å²) in [5.41, 5.74) is 0.755. The number of hydrogen-bond donors (Lipinski definition) is 1. The molecule has 6 heteroatoms. The maximum absolute atomic E-state index is 6.20. The molecule has 4 nitrogen and oxygen atoms in total. The highest BCUT2D eigenvalue weighted by Gasteiger charge is 2.20. The van der Waals surface area contributed by atoms with Gasteiger partial charge in [-0.1, -0.05) is 17.7 Å². The van der Waals surface area contributed by atoms with Gasteiger partial charge in [0.25, 0.3) is 0 Å². The summed E-state index contributed by atoms with van der Waals surface area (Å²) in [5.74, 6) is 1.10. The van der Waals surface area contributed by atoms with Crippen LogP contribution < -0.4 is 5.32 Å². The van der Waals surface area contributed by atoms with E-state index in [0.717, 1.165) is 23.0 Å². The van der Waals surface area contributed by atoms with Crippen LogP contribution in [-0.4, -0.2) is 22.8 Å². The molecule has 1 aliphatic carbocycles.